The van der Waals surface area contributed by atoms with Crippen molar-refractivity contribution in [2.45, 2.75) is 12.4 Å². The molecule has 0 amide bonds. The van der Waals surface area contributed by atoms with Crippen LogP contribution in [0.15, 0.2) is 5.38 Å². The summed E-state index contributed by atoms with van der Waals surface area (Å²) in [6.07, 6.45) is 0. The zero-order chi connectivity index (χ0) is 12.1. The van der Waals surface area contributed by atoms with Gasteiger partial charge in [0.05, 0.1) is 24.7 Å². The number of aliphatic hydroxyl groups excluding tert-OH is 1. The fraction of sp³-hybridized carbons (Fsp3) is 0.727. The van der Waals surface area contributed by atoms with Crippen LogP contribution in [0.5, 0.6) is 0 Å². The highest BCUT2D eigenvalue weighted by molar-refractivity contribution is 7.09. The summed E-state index contributed by atoms with van der Waals surface area (Å²) in [5.74, 6) is 0.501. The molecule has 0 spiro atoms. The molecular formula is C11H18ClN3OS. The van der Waals surface area contributed by atoms with Crippen molar-refractivity contribution in [3.63, 3.8) is 0 Å². The van der Waals surface area contributed by atoms with E-state index < -0.39 is 0 Å². The van der Waals surface area contributed by atoms with Crippen LogP contribution in [-0.2, 0) is 12.4 Å². The van der Waals surface area contributed by atoms with Gasteiger partial charge in [0.1, 0.15) is 5.01 Å². The molecule has 0 unspecified atom stereocenters. The minimum Gasteiger partial charge on any atom is -0.395 e. The Bertz CT molecular complexity index is 339. The van der Waals surface area contributed by atoms with E-state index >= 15 is 0 Å². The van der Waals surface area contributed by atoms with Crippen LogP contribution in [0.1, 0.15) is 10.7 Å². The summed E-state index contributed by atoms with van der Waals surface area (Å²) in [7, 11) is 0. The largest absolute Gasteiger partial charge is 0.395 e. The first-order chi connectivity index (χ1) is 8.31. The van der Waals surface area contributed by atoms with Gasteiger partial charge in [-0.3, -0.25) is 9.80 Å². The average molecular weight is 276 g/mol. The maximum Gasteiger partial charge on any atom is 0.107 e. The van der Waals surface area contributed by atoms with Gasteiger partial charge in [-0.2, -0.15) is 0 Å². The van der Waals surface area contributed by atoms with Crippen molar-refractivity contribution >= 4 is 22.9 Å². The zero-order valence-corrected chi connectivity index (χ0v) is 11.4. The first-order valence-corrected chi connectivity index (χ1v) is 7.28. The van der Waals surface area contributed by atoms with Gasteiger partial charge >= 0.3 is 0 Å². The average Bonchev–Trinajstić information content (AvgIpc) is 2.80. The molecule has 0 aliphatic carbocycles. The minimum atomic E-state index is 0.256. The predicted molar refractivity (Wildman–Crippen MR) is 70.5 cm³/mol. The molecule has 1 aromatic heterocycles. The van der Waals surface area contributed by atoms with Crippen LogP contribution in [0, 0.1) is 0 Å². The number of hydrogen-bond acceptors (Lipinski definition) is 5. The lowest BCUT2D eigenvalue weighted by Gasteiger charge is -2.33. The molecule has 1 aromatic rings. The summed E-state index contributed by atoms with van der Waals surface area (Å²) in [5.41, 5.74) is 0.977. The van der Waals surface area contributed by atoms with Crippen molar-refractivity contribution in [3.8, 4) is 0 Å². The van der Waals surface area contributed by atoms with Gasteiger partial charge in [-0.05, 0) is 0 Å². The normalized spacial score (nSPS) is 18.7. The molecule has 0 saturated carbocycles. The number of thiazole rings is 1. The van der Waals surface area contributed by atoms with E-state index in [0.717, 1.165) is 50.0 Å². The number of rotatable bonds is 5. The number of piperazine rings is 1. The Balaban J connectivity index is 1.77. The molecule has 0 aromatic carbocycles. The number of halogens is 1. The number of aromatic nitrogens is 1. The molecule has 17 heavy (non-hydrogen) atoms. The lowest BCUT2D eigenvalue weighted by atomic mass is 10.3. The predicted octanol–water partition coefficient (Wildman–Crippen LogP) is 0.992. The van der Waals surface area contributed by atoms with E-state index in [2.05, 4.69) is 14.8 Å². The zero-order valence-electron chi connectivity index (χ0n) is 9.81. The summed E-state index contributed by atoms with van der Waals surface area (Å²) in [6, 6.07) is 0. The van der Waals surface area contributed by atoms with Crippen LogP contribution < -0.4 is 0 Å². The third-order valence-electron chi connectivity index (χ3n) is 2.98. The maximum atomic E-state index is 8.87. The van der Waals surface area contributed by atoms with Gasteiger partial charge in [0, 0.05) is 38.1 Å². The van der Waals surface area contributed by atoms with Crippen LogP contribution >= 0.6 is 22.9 Å². The molecule has 0 bridgehead atoms. The van der Waals surface area contributed by atoms with Crippen molar-refractivity contribution < 1.29 is 5.11 Å². The highest BCUT2D eigenvalue weighted by atomic mass is 35.5. The second-order valence-electron chi connectivity index (χ2n) is 4.21. The minimum absolute atomic E-state index is 0.256. The van der Waals surface area contributed by atoms with Gasteiger partial charge in [-0.15, -0.1) is 22.9 Å². The molecule has 96 valence electrons. The van der Waals surface area contributed by atoms with E-state index in [0.29, 0.717) is 5.88 Å². The van der Waals surface area contributed by atoms with Gasteiger partial charge in [-0.1, -0.05) is 0 Å². The molecule has 1 aliphatic rings. The molecule has 6 heteroatoms. The van der Waals surface area contributed by atoms with Crippen LogP contribution in [-0.4, -0.2) is 59.2 Å². The third-order valence-corrected chi connectivity index (χ3v) is 4.13. The lowest BCUT2D eigenvalue weighted by Crippen LogP contribution is -2.46. The molecule has 1 saturated heterocycles. The third kappa shape index (κ3) is 3.89. The van der Waals surface area contributed by atoms with Crippen molar-refractivity contribution in [1.82, 2.24) is 14.8 Å². The van der Waals surface area contributed by atoms with Crippen LogP contribution in [0.3, 0.4) is 0 Å². The quantitative estimate of drug-likeness (QED) is 0.814. The standard InChI is InChI=1S/C11H18ClN3OS/c12-7-10-9-17-11(13-10)8-15-3-1-14(2-4-15)5-6-16/h9,16H,1-8H2. The summed E-state index contributed by atoms with van der Waals surface area (Å²) < 4.78 is 0. The molecule has 1 N–H and O–H groups in total. The Labute approximate surface area is 111 Å². The van der Waals surface area contributed by atoms with Gasteiger partial charge in [-0.25, -0.2) is 4.98 Å². The second kappa shape index (κ2) is 6.66. The van der Waals surface area contributed by atoms with Crippen LogP contribution in [0.4, 0.5) is 0 Å². The Hall–Kier alpha value is -0.200. The Kier molecular flexibility index (Phi) is 5.18. The molecule has 1 aliphatic heterocycles. The smallest absolute Gasteiger partial charge is 0.107 e. The summed E-state index contributed by atoms with van der Waals surface area (Å²) in [4.78, 5) is 9.17. The van der Waals surface area contributed by atoms with Crippen molar-refractivity contribution in [2.75, 3.05) is 39.3 Å². The highest BCUT2D eigenvalue weighted by Crippen LogP contribution is 2.14. The van der Waals surface area contributed by atoms with Crippen LogP contribution in [0.2, 0.25) is 0 Å². The van der Waals surface area contributed by atoms with E-state index in [1.807, 2.05) is 5.38 Å². The van der Waals surface area contributed by atoms with Gasteiger partial charge in [0.15, 0.2) is 0 Å². The van der Waals surface area contributed by atoms with Gasteiger partial charge in [0.25, 0.3) is 0 Å². The molecule has 0 radical (unpaired) electrons. The monoisotopic (exact) mass is 275 g/mol. The molecular weight excluding hydrogens is 258 g/mol. The topological polar surface area (TPSA) is 39.6 Å². The molecule has 2 heterocycles. The maximum absolute atomic E-state index is 8.87. The number of β-amino-alcohol motifs (C(OH)–C–C–N with tert-alkyl or cyclic N) is 1. The first-order valence-electron chi connectivity index (χ1n) is 5.86. The molecule has 4 nitrogen and oxygen atoms in total. The van der Waals surface area contributed by atoms with E-state index in [4.69, 9.17) is 16.7 Å². The van der Waals surface area contributed by atoms with Gasteiger partial charge < -0.3 is 5.11 Å². The molecule has 1 fully saturated rings. The highest BCUT2D eigenvalue weighted by Gasteiger charge is 2.17. The molecule has 2 rings (SSSR count). The van der Waals surface area contributed by atoms with Gasteiger partial charge in [0.2, 0.25) is 0 Å². The Morgan fingerprint density at radius 3 is 2.59 bits per heavy atom. The summed E-state index contributed by atoms with van der Waals surface area (Å²) in [6.45, 7) is 6.15. The van der Waals surface area contributed by atoms with E-state index in [1.165, 1.54) is 0 Å². The molecule has 0 atom stereocenters. The Morgan fingerprint density at radius 1 is 1.29 bits per heavy atom. The Morgan fingerprint density at radius 2 is 2.00 bits per heavy atom. The number of alkyl halides is 1. The lowest BCUT2D eigenvalue weighted by molar-refractivity contribution is 0.108. The van der Waals surface area contributed by atoms with Crippen molar-refractivity contribution in [2.24, 2.45) is 0 Å². The summed E-state index contributed by atoms with van der Waals surface area (Å²) in [5, 5.41) is 12.1. The van der Waals surface area contributed by atoms with Crippen molar-refractivity contribution in [1.29, 1.82) is 0 Å². The van der Waals surface area contributed by atoms with E-state index in [-0.39, 0.29) is 6.61 Å². The SMILES string of the molecule is OCCN1CCN(Cc2nc(CCl)cs2)CC1. The fourth-order valence-corrected chi connectivity index (χ4v) is 3.05. The number of hydrogen-bond donors (Lipinski definition) is 1. The van der Waals surface area contributed by atoms with E-state index in [1.54, 1.807) is 11.3 Å². The first kappa shape index (κ1) is 13.2. The fourth-order valence-electron chi connectivity index (χ4n) is 1.99. The van der Waals surface area contributed by atoms with Crippen LogP contribution in [0.25, 0.3) is 0 Å². The number of aliphatic hydroxyl groups is 1. The summed E-state index contributed by atoms with van der Waals surface area (Å²) >= 11 is 7.43. The second-order valence-corrected chi connectivity index (χ2v) is 5.42. The van der Waals surface area contributed by atoms with E-state index in [9.17, 15) is 0 Å². The van der Waals surface area contributed by atoms with Crippen molar-refractivity contribution in [3.05, 3.63) is 16.1 Å². The number of nitrogens with zero attached hydrogens (tertiary/aromatic N) is 3.